The first-order valence-electron chi connectivity index (χ1n) is 9.50. The van der Waals surface area contributed by atoms with E-state index in [2.05, 4.69) is 10.1 Å². The number of carbonyl (C=O) groups excluding carboxylic acids is 1. The van der Waals surface area contributed by atoms with Crippen molar-refractivity contribution in [1.82, 2.24) is 24.2 Å². The number of hydrogen-bond acceptors (Lipinski definition) is 3. The van der Waals surface area contributed by atoms with Gasteiger partial charge in [0.1, 0.15) is 12.7 Å². The van der Waals surface area contributed by atoms with E-state index >= 15 is 0 Å². The monoisotopic (exact) mass is 385 g/mol. The van der Waals surface area contributed by atoms with Crippen LogP contribution in [0.4, 0.5) is 0 Å². The van der Waals surface area contributed by atoms with Crippen LogP contribution in [0.25, 0.3) is 11.4 Å². The number of amides is 1. The van der Waals surface area contributed by atoms with E-state index in [-0.39, 0.29) is 11.9 Å². The van der Waals surface area contributed by atoms with Crippen molar-refractivity contribution in [3.63, 3.8) is 0 Å². The van der Waals surface area contributed by atoms with Gasteiger partial charge < -0.3 is 9.47 Å². The molecular formula is C23H23N5O. The summed E-state index contributed by atoms with van der Waals surface area (Å²) in [6.07, 6.45) is 7.14. The van der Waals surface area contributed by atoms with Gasteiger partial charge in [0, 0.05) is 30.7 Å². The predicted molar refractivity (Wildman–Crippen MR) is 112 cm³/mol. The van der Waals surface area contributed by atoms with E-state index in [1.54, 1.807) is 15.9 Å². The zero-order chi connectivity index (χ0) is 20.4. The van der Waals surface area contributed by atoms with Crippen LogP contribution >= 0.6 is 0 Å². The molecule has 0 saturated heterocycles. The SMILES string of the molecule is Cc1ccc(C(=O)N(C)C(C)c2ccc(-n3cncn3)cc2)cc1-n1cccc1. The summed E-state index contributed by atoms with van der Waals surface area (Å²) in [6, 6.07) is 17.7. The maximum atomic E-state index is 13.1. The maximum absolute atomic E-state index is 13.1. The Morgan fingerprint density at radius 1 is 1.07 bits per heavy atom. The van der Waals surface area contributed by atoms with Crippen LogP contribution in [0.1, 0.15) is 34.5 Å². The Kier molecular flexibility index (Phi) is 4.99. The maximum Gasteiger partial charge on any atom is 0.254 e. The van der Waals surface area contributed by atoms with Gasteiger partial charge in [-0.05, 0) is 61.4 Å². The minimum atomic E-state index is -0.0661. The molecule has 4 rings (SSSR count). The lowest BCUT2D eigenvalue weighted by Gasteiger charge is -2.26. The van der Waals surface area contributed by atoms with Crippen molar-refractivity contribution in [2.45, 2.75) is 19.9 Å². The molecule has 0 aliphatic heterocycles. The molecule has 0 spiro atoms. The molecule has 0 radical (unpaired) electrons. The van der Waals surface area contributed by atoms with E-state index in [0.717, 1.165) is 22.5 Å². The van der Waals surface area contributed by atoms with Crippen molar-refractivity contribution in [1.29, 1.82) is 0 Å². The van der Waals surface area contributed by atoms with Gasteiger partial charge in [-0.3, -0.25) is 4.79 Å². The van der Waals surface area contributed by atoms with Crippen LogP contribution in [0.15, 0.2) is 79.6 Å². The average Bonchev–Trinajstić information content (AvgIpc) is 3.47. The van der Waals surface area contributed by atoms with Crippen molar-refractivity contribution in [3.05, 3.63) is 96.3 Å². The summed E-state index contributed by atoms with van der Waals surface area (Å²) < 4.78 is 3.73. The van der Waals surface area contributed by atoms with Crippen LogP contribution in [0.3, 0.4) is 0 Å². The van der Waals surface area contributed by atoms with Gasteiger partial charge in [0.2, 0.25) is 0 Å². The van der Waals surface area contributed by atoms with E-state index < -0.39 is 0 Å². The minimum absolute atomic E-state index is 0.00809. The van der Waals surface area contributed by atoms with Crippen molar-refractivity contribution in [3.8, 4) is 11.4 Å². The van der Waals surface area contributed by atoms with E-state index in [9.17, 15) is 4.79 Å². The number of hydrogen-bond donors (Lipinski definition) is 0. The molecule has 0 aliphatic carbocycles. The van der Waals surface area contributed by atoms with Gasteiger partial charge in [0.05, 0.1) is 11.7 Å². The molecule has 146 valence electrons. The lowest BCUT2D eigenvalue weighted by Crippen LogP contribution is -2.29. The molecule has 0 aliphatic rings. The van der Waals surface area contributed by atoms with E-state index in [0.29, 0.717) is 5.56 Å². The van der Waals surface area contributed by atoms with Crippen molar-refractivity contribution < 1.29 is 4.79 Å². The summed E-state index contributed by atoms with van der Waals surface area (Å²) in [5.74, 6) is -0.00809. The number of aromatic nitrogens is 4. The highest BCUT2D eigenvalue weighted by Gasteiger charge is 2.20. The van der Waals surface area contributed by atoms with E-state index in [4.69, 9.17) is 0 Å². The zero-order valence-corrected chi connectivity index (χ0v) is 16.7. The normalized spacial score (nSPS) is 12.0. The third-order valence-corrected chi connectivity index (χ3v) is 5.30. The number of aryl methyl sites for hydroxylation is 1. The quantitative estimate of drug-likeness (QED) is 0.517. The van der Waals surface area contributed by atoms with E-state index in [1.165, 1.54) is 6.33 Å². The lowest BCUT2D eigenvalue weighted by molar-refractivity contribution is 0.0742. The third-order valence-electron chi connectivity index (χ3n) is 5.30. The molecule has 2 heterocycles. The molecule has 1 amide bonds. The fourth-order valence-corrected chi connectivity index (χ4v) is 3.37. The first-order chi connectivity index (χ1) is 14.0. The second kappa shape index (κ2) is 7.75. The van der Waals surface area contributed by atoms with Gasteiger partial charge in [-0.2, -0.15) is 5.10 Å². The van der Waals surface area contributed by atoms with Gasteiger partial charge in [0.25, 0.3) is 5.91 Å². The Labute approximate surface area is 170 Å². The van der Waals surface area contributed by atoms with Gasteiger partial charge in [-0.15, -0.1) is 0 Å². The van der Waals surface area contributed by atoms with Gasteiger partial charge in [-0.25, -0.2) is 9.67 Å². The smallest absolute Gasteiger partial charge is 0.254 e. The molecule has 4 aromatic rings. The molecule has 1 unspecified atom stereocenters. The standard InChI is InChI=1S/C23H23N5O/c1-17-6-7-20(14-22(17)27-12-4-5-13-27)23(29)26(3)18(2)19-8-10-21(11-9-19)28-16-24-15-25-28/h4-16,18H,1-3H3. The largest absolute Gasteiger partial charge is 0.335 e. The van der Waals surface area contributed by atoms with E-state index in [1.807, 2.05) is 92.5 Å². The van der Waals surface area contributed by atoms with Crippen molar-refractivity contribution in [2.75, 3.05) is 7.05 Å². The summed E-state index contributed by atoms with van der Waals surface area (Å²) in [5, 5.41) is 4.14. The highest BCUT2D eigenvalue weighted by molar-refractivity contribution is 5.95. The van der Waals surface area contributed by atoms with Crippen LogP contribution in [0.2, 0.25) is 0 Å². The number of carbonyl (C=O) groups is 1. The average molecular weight is 385 g/mol. The molecule has 0 N–H and O–H groups in total. The molecule has 29 heavy (non-hydrogen) atoms. The first kappa shape index (κ1) is 18.7. The van der Waals surface area contributed by atoms with Crippen LogP contribution in [0.5, 0.6) is 0 Å². The number of rotatable bonds is 5. The van der Waals surface area contributed by atoms with Crippen LogP contribution < -0.4 is 0 Å². The topological polar surface area (TPSA) is 56.0 Å². The number of nitrogens with zero attached hydrogens (tertiary/aromatic N) is 5. The molecule has 0 bridgehead atoms. The van der Waals surface area contributed by atoms with Crippen molar-refractivity contribution >= 4 is 5.91 Å². The van der Waals surface area contributed by atoms with Crippen LogP contribution in [0, 0.1) is 6.92 Å². The van der Waals surface area contributed by atoms with Gasteiger partial charge in [-0.1, -0.05) is 18.2 Å². The molecule has 2 aromatic heterocycles. The summed E-state index contributed by atoms with van der Waals surface area (Å²) in [5.41, 5.74) is 4.80. The molecule has 6 heteroatoms. The van der Waals surface area contributed by atoms with Gasteiger partial charge >= 0.3 is 0 Å². The summed E-state index contributed by atoms with van der Waals surface area (Å²) in [4.78, 5) is 18.9. The third kappa shape index (κ3) is 3.69. The summed E-state index contributed by atoms with van der Waals surface area (Å²) >= 11 is 0. The Morgan fingerprint density at radius 3 is 2.45 bits per heavy atom. The fraction of sp³-hybridized carbons (Fsp3) is 0.174. The predicted octanol–water partition coefficient (Wildman–Crippen LogP) is 4.20. The Morgan fingerprint density at radius 2 is 1.79 bits per heavy atom. The minimum Gasteiger partial charge on any atom is -0.335 e. The lowest BCUT2D eigenvalue weighted by atomic mass is 10.0. The van der Waals surface area contributed by atoms with Crippen LogP contribution in [-0.2, 0) is 0 Å². The second-order valence-corrected chi connectivity index (χ2v) is 7.12. The van der Waals surface area contributed by atoms with Crippen molar-refractivity contribution in [2.24, 2.45) is 0 Å². The molecule has 1 atom stereocenters. The fourth-order valence-electron chi connectivity index (χ4n) is 3.37. The van der Waals surface area contributed by atoms with Gasteiger partial charge in [0.15, 0.2) is 0 Å². The molecule has 6 nitrogen and oxygen atoms in total. The zero-order valence-electron chi connectivity index (χ0n) is 16.7. The molecular weight excluding hydrogens is 362 g/mol. The molecule has 0 saturated carbocycles. The highest BCUT2D eigenvalue weighted by Crippen LogP contribution is 2.24. The molecule has 2 aromatic carbocycles. The first-order valence-corrected chi connectivity index (χ1v) is 9.50. The summed E-state index contributed by atoms with van der Waals surface area (Å²) in [7, 11) is 1.84. The Hall–Kier alpha value is -3.67. The Balaban J connectivity index is 1.55. The van der Waals surface area contributed by atoms with Crippen LogP contribution in [-0.4, -0.2) is 37.2 Å². The molecule has 0 fully saturated rings. The highest BCUT2D eigenvalue weighted by atomic mass is 16.2. The Bertz CT molecular complexity index is 1100. The summed E-state index contributed by atoms with van der Waals surface area (Å²) in [6.45, 7) is 4.08. The number of benzene rings is 2. The second-order valence-electron chi connectivity index (χ2n) is 7.12.